The van der Waals surface area contributed by atoms with Crippen LogP contribution in [0.1, 0.15) is 43.5 Å². The lowest BCUT2D eigenvalue weighted by molar-refractivity contribution is -0.135. The third-order valence-corrected chi connectivity index (χ3v) is 4.77. The van der Waals surface area contributed by atoms with Crippen molar-refractivity contribution in [3.8, 4) is 0 Å². The van der Waals surface area contributed by atoms with Gasteiger partial charge in [0, 0.05) is 24.8 Å². The maximum Gasteiger partial charge on any atom is 0.237 e. The summed E-state index contributed by atoms with van der Waals surface area (Å²) in [5.41, 5.74) is 1.77. The number of nitrogens with zero attached hydrogens (tertiary/aromatic N) is 2. The van der Waals surface area contributed by atoms with Gasteiger partial charge in [0.05, 0.1) is 24.7 Å². The average molecular weight is 319 g/mol. The third kappa shape index (κ3) is 3.90. The Labute approximate surface area is 136 Å². The van der Waals surface area contributed by atoms with Crippen LogP contribution >= 0.6 is 0 Å². The van der Waals surface area contributed by atoms with E-state index in [4.69, 9.17) is 0 Å². The fraction of sp³-hybridized carbons (Fsp3) is 0.688. The normalized spacial score (nSPS) is 23.0. The van der Waals surface area contributed by atoms with Crippen LogP contribution in [0.15, 0.2) is 6.07 Å². The Bertz CT molecular complexity index is 565. The molecule has 2 aliphatic rings. The zero-order valence-electron chi connectivity index (χ0n) is 13.6. The van der Waals surface area contributed by atoms with Gasteiger partial charge >= 0.3 is 0 Å². The Hall–Kier alpha value is -1.89. The Balaban J connectivity index is 1.56. The Morgan fingerprint density at radius 2 is 2.22 bits per heavy atom. The predicted molar refractivity (Wildman–Crippen MR) is 85.5 cm³/mol. The summed E-state index contributed by atoms with van der Waals surface area (Å²) in [5.74, 6) is -0.121. The number of hydrogen-bond acceptors (Lipinski definition) is 4. The summed E-state index contributed by atoms with van der Waals surface area (Å²) in [7, 11) is 0. The second kappa shape index (κ2) is 7.12. The summed E-state index contributed by atoms with van der Waals surface area (Å²) >= 11 is 0. The largest absolute Gasteiger partial charge is 0.353 e. The first-order valence-corrected chi connectivity index (χ1v) is 8.44. The van der Waals surface area contributed by atoms with Crippen molar-refractivity contribution < 1.29 is 9.59 Å². The van der Waals surface area contributed by atoms with Crippen molar-refractivity contribution in [1.82, 2.24) is 25.7 Å². The minimum Gasteiger partial charge on any atom is -0.353 e. The second-order valence-electron chi connectivity index (χ2n) is 6.51. The van der Waals surface area contributed by atoms with E-state index >= 15 is 0 Å². The zero-order chi connectivity index (χ0) is 16.2. The molecule has 126 valence electrons. The molecular weight excluding hydrogens is 294 g/mol. The van der Waals surface area contributed by atoms with Gasteiger partial charge in [0.15, 0.2) is 0 Å². The maximum atomic E-state index is 12.2. The van der Waals surface area contributed by atoms with Crippen molar-refractivity contribution in [2.45, 2.75) is 57.7 Å². The molecule has 1 saturated carbocycles. The van der Waals surface area contributed by atoms with Gasteiger partial charge in [0.25, 0.3) is 0 Å². The SMILES string of the molecule is Cc1cc(CNC(=O)C[C@H]2C(=O)NCCN2C2CCCC2)n[nH]1. The quantitative estimate of drug-likeness (QED) is 0.736. The molecule has 1 atom stereocenters. The van der Waals surface area contributed by atoms with Gasteiger partial charge in [0.2, 0.25) is 11.8 Å². The number of aromatic amines is 1. The molecule has 0 radical (unpaired) electrons. The number of amides is 2. The zero-order valence-corrected chi connectivity index (χ0v) is 13.6. The molecule has 7 heteroatoms. The molecule has 1 aromatic heterocycles. The average Bonchev–Trinajstić information content (AvgIpc) is 3.19. The number of nitrogens with one attached hydrogen (secondary N) is 3. The number of H-pyrrole nitrogens is 1. The lowest BCUT2D eigenvalue weighted by atomic mass is 10.0. The number of aryl methyl sites for hydroxylation is 1. The molecule has 2 amide bonds. The number of carbonyl (C=O) groups is 2. The van der Waals surface area contributed by atoms with Crippen molar-refractivity contribution in [3.63, 3.8) is 0 Å². The second-order valence-corrected chi connectivity index (χ2v) is 6.51. The molecular formula is C16H25N5O2. The van der Waals surface area contributed by atoms with Crippen LogP contribution in [0, 0.1) is 6.92 Å². The van der Waals surface area contributed by atoms with Gasteiger partial charge in [0.1, 0.15) is 0 Å². The van der Waals surface area contributed by atoms with E-state index in [-0.39, 0.29) is 24.3 Å². The summed E-state index contributed by atoms with van der Waals surface area (Å²) in [6.45, 7) is 3.83. The summed E-state index contributed by atoms with van der Waals surface area (Å²) in [5, 5.41) is 12.7. The number of piperazine rings is 1. The van der Waals surface area contributed by atoms with E-state index < -0.39 is 0 Å². The van der Waals surface area contributed by atoms with Gasteiger partial charge in [-0.1, -0.05) is 12.8 Å². The minimum atomic E-state index is -0.340. The van der Waals surface area contributed by atoms with Gasteiger partial charge in [-0.15, -0.1) is 0 Å². The molecule has 1 aromatic rings. The summed E-state index contributed by atoms with van der Waals surface area (Å²) < 4.78 is 0. The molecule has 0 bridgehead atoms. The fourth-order valence-corrected chi connectivity index (χ4v) is 3.62. The molecule has 7 nitrogen and oxygen atoms in total. The Morgan fingerprint density at radius 3 is 2.91 bits per heavy atom. The monoisotopic (exact) mass is 319 g/mol. The summed E-state index contributed by atoms with van der Waals surface area (Å²) in [4.78, 5) is 26.7. The Kier molecular flexibility index (Phi) is 4.95. The van der Waals surface area contributed by atoms with Gasteiger partial charge < -0.3 is 10.6 Å². The fourth-order valence-electron chi connectivity index (χ4n) is 3.62. The molecule has 1 aliphatic carbocycles. The molecule has 0 unspecified atom stereocenters. The van der Waals surface area contributed by atoms with Crippen LogP contribution < -0.4 is 10.6 Å². The van der Waals surface area contributed by atoms with Crippen LogP contribution in [-0.2, 0) is 16.1 Å². The number of hydrogen-bond donors (Lipinski definition) is 3. The first-order chi connectivity index (χ1) is 11.1. The van der Waals surface area contributed by atoms with E-state index in [1.54, 1.807) is 0 Å². The van der Waals surface area contributed by atoms with Crippen molar-refractivity contribution in [2.75, 3.05) is 13.1 Å². The topological polar surface area (TPSA) is 90.1 Å². The molecule has 1 saturated heterocycles. The van der Waals surface area contributed by atoms with Crippen LogP contribution in [0.4, 0.5) is 0 Å². The summed E-state index contributed by atoms with van der Waals surface area (Å²) in [6, 6.07) is 2.01. The van der Waals surface area contributed by atoms with Crippen molar-refractivity contribution in [2.24, 2.45) is 0 Å². The van der Waals surface area contributed by atoms with Gasteiger partial charge in [-0.2, -0.15) is 5.10 Å². The standard InChI is InChI=1S/C16H25N5O2/c1-11-8-12(20-19-11)10-18-15(22)9-14-16(23)17-6-7-21(14)13-4-2-3-5-13/h8,13-14H,2-7,9-10H2,1H3,(H,17,23)(H,18,22)(H,19,20)/t14-/m0/s1. The smallest absolute Gasteiger partial charge is 0.237 e. The highest BCUT2D eigenvalue weighted by Gasteiger charge is 2.36. The van der Waals surface area contributed by atoms with Crippen LogP contribution in [0.25, 0.3) is 0 Å². The van der Waals surface area contributed by atoms with Gasteiger partial charge in [-0.05, 0) is 25.8 Å². The first kappa shape index (κ1) is 16.0. The number of carbonyl (C=O) groups excluding carboxylic acids is 2. The van der Waals surface area contributed by atoms with E-state index in [2.05, 4.69) is 25.7 Å². The highest BCUT2D eigenvalue weighted by atomic mass is 16.2. The van der Waals surface area contributed by atoms with Gasteiger partial charge in [-0.25, -0.2) is 0 Å². The lowest BCUT2D eigenvalue weighted by Gasteiger charge is -2.38. The third-order valence-electron chi connectivity index (χ3n) is 4.77. The minimum absolute atomic E-state index is 0.0195. The highest BCUT2D eigenvalue weighted by molar-refractivity contribution is 5.88. The molecule has 3 rings (SSSR count). The van der Waals surface area contributed by atoms with E-state index in [1.165, 1.54) is 12.8 Å². The van der Waals surface area contributed by atoms with Crippen LogP contribution in [0.2, 0.25) is 0 Å². The number of aromatic nitrogens is 2. The molecule has 2 heterocycles. The van der Waals surface area contributed by atoms with Crippen LogP contribution in [-0.4, -0.2) is 52.1 Å². The summed E-state index contributed by atoms with van der Waals surface area (Å²) in [6.07, 6.45) is 4.93. The maximum absolute atomic E-state index is 12.2. The predicted octanol–water partition coefficient (Wildman–Crippen LogP) is 0.467. The number of rotatable bonds is 5. The van der Waals surface area contributed by atoms with Gasteiger partial charge in [-0.3, -0.25) is 19.6 Å². The highest BCUT2D eigenvalue weighted by Crippen LogP contribution is 2.26. The Morgan fingerprint density at radius 1 is 1.43 bits per heavy atom. The molecule has 0 aromatic carbocycles. The molecule has 2 fully saturated rings. The molecule has 23 heavy (non-hydrogen) atoms. The van der Waals surface area contributed by atoms with Crippen LogP contribution in [0.3, 0.4) is 0 Å². The van der Waals surface area contributed by atoms with E-state index in [9.17, 15) is 9.59 Å². The van der Waals surface area contributed by atoms with E-state index in [1.807, 2.05) is 13.0 Å². The molecule has 1 aliphatic heterocycles. The van der Waals surface area contributed by atoms with E-state index in [0.29, 0.717) is 19.1 Å². The molecule has 3 N–H and O–H groups in total. The molecule has 0 spiro atoms. The first-order valence-electron chi connectivity index (χ1n) is 8.44. The van der Waals surface area contributed by atoms with Crippen LogP contribution in [0.5, 0.6) is 0 Å². The van der Waals surface area contributed by atoms with Crippen molar-refractivity contribution >= 4 is 11.8 Å². The van der Waals surface area contributed by atoms with Crippen molar-refractivity contribution in [1.29, 1.82) is 0 Å². The van der Waals surface area contributed by atoms with E-state index in [0.717, 1.165) is 30.8 Å². The lowest BCUT2D eigenvalue weighted by Crippen LogP contribution is -2.59. The van der Waals surface area contributed by atoms with Crippen molar-refractivity contribution in [3.05, 3.63) is 17.5 Å².